The van der Waals surface area contributed by atoms with Gasteiger partial charge in [-0.2, -0.15) is 0 Å². The van der Waals surface area contributed by atoms with Crippen LogP contribution in [0.15, 0.2) is 30.3 Å². The molecule has 1 saturated carbocycles. The Morgan fingerprint density at radius 1 is 1.15 bits per heavy atom. The van der Waals surface area contributed by atoms with Gasteiger partial charge in [-0.3, -0.25) is 14.9 Å². The molecule has 1 aliphatic carbocycles. The maximum Gasteiger partial charge on any atom is 0.234 e. The quantitative estimate of drug-likeness (QED) is 0.798. The molecule has 106 valence electrons. The van der Waals surface area contributed by atoms with Crippen molar-refractivity contribution >= 4 is 11.8 Å². The number of nitrogens with one attached hydrogen (secondary N) is 1. The second-order valence-corrected chi connectivity index (χ2v) is 6.31. The van der Waals surface area contributed by atoms with Crippen LogP contribution in [0.2, 0.25) is 0 Å². The molecule has 1 aliphatic heterocycles. The normalized spacial score (nSPS) is 34.0. The second-order valence-electron chi connectivity index (χ2n) is 6.31. The van der Waals surface area contributed by atoms with Gasteiger partial charge in [0.2, 0.25) is 11.8 Å². The zero-order chi connectivity index (χ0) is 14.2. The van der Waals surface area contributed by atoms with Crippen LogP contribution in [0.4, 0.5) is 0 Å². The van der Waals surface area contributed by atoms with Gasteiger partial charge in [0.05, 0.1) is 5.92 Å². The van der Waals surface area contributed by atoms with Crippen LogP contribution in [0.3, 0.4) is 0 Å². The Morgan fingerprint density at radius 3 is 2.60 bits per heavy atom. The first kappa shape index (κ1) is 13.3. The monoisotopic (exact) mass is 271 g/mol. The topological polar surface area (TPSA) is 46.2 Å². The van der Waals surface area contributed by atoms with Crippen molar-refractivity contribution in [2.24, 2.45) is 11.3 Å². The number of amides is 2. The van der Waals surface area contributed by atoms with Gasteiger partial charge in [0.1, 0.15) is 0 Å². The Bertz CT molecular complexity index is 525. The van der Waals surface area contributed by atoms with E-state index in [0.29, 0.717) is 12.3 Å². The van der Waals surface area contributed by atoms with Crippen molar-refractivity contribution in [3.63, 3.8) is 0 Å². The lowest BCUT2D eigenvalue weighted by molar-refractivity contribution is -0.143. The number of imide groups is 1. The summed E-state index contributed by atoms with van der Waals surface area (Å²) in [5.74, 6) is 0.0188. The van der Waals surface area contributed by atoms with E-state index in [1.165, 1.54) is 6.42 Å². The molecule has 1 spiro atoms. The zero-order valence-electron chi connectivity index (χ0n) is 11.9. The molecule has 1 heterocycles. The fourth-order valence-corrected chi connectivity index (χ4v) is 4.17. The van der Waals surface area contributed by atoms with Crippen LogP contribution in [0.25, 0.3) is 0 Å². The second kappa shape index (κ2) is 5.04. The average molecular weight is 271 g/mol. The van der Waals surface area contributed by atoms with Crippen molar-refractivity contribution < 1.29 is 9.59 Å². The molecule has 0 aromatic heterocycles. The van der Waals surface area contributed by atoms with E-state index in [0.717, 1.165) is 24.8 Å². The summed E-state index contributed by atoms with van der Waals surface area (Å²) in [7, 11) is 0. The maximum absolute atomic E-state index is 12.5. The molecule has 2 fully saturated rings. The van der Waals surface area contributed by atoms with Gasteiger partial charge in [-0.1, -0.05) is 56.5 Å². The van der Waals surface area contributed by atoms with E-state index in [9.17, 15) is 9.59 Å². The van der Waals surface area contributed by atoms with Gasteiger partial charge in [-0.25, -0.2) is 0 Å². The predicted octanol–water partition coefficient (Wildman–Crippen LogP) is 3.01. The lowest BCUT2D eigenvalue weighted by atomic mass is 9.55. The third-order valence-corrected chi connectivity index (χ3v) is 5.23. The average Bonchev–Trinajstić information content (AvgIpc) is 2.42. The molecule has 1 N–H and O–H groups in total. The number of piperidine rings is 1. The summed E-state index contributed by atoms with van der Waals surface area (Å²) in [4.78, 5) is 24.4. The molecule has 20 heavy (non-hydrogen) atoms. The van der Waals surface area contributed by atoms with Gasteiger partial charge in [-0.05, 0) is 23.3 Å². The maximum atomic E-state index is 12.5. The van der Waals surface area contributed by atoms with E-state index in [1.807, 2.05) is 30.3 Å². The number of carbonyl (C=O) groups is 2. The summed E-state index contributed by atoms with van der Waals surface area (Å²) in [6.45, 7) is 2.21. The van der Waals surface area contributed by atoms with E-state index < -0.39 is 0 Å². The Morgan fingerprint density at radius 2 is 1.90 bits per heavy atom. The Labute approximate surface area is 119 Å². The molecule has 0 radical (unpaired) electrons. The molecule has 1 saturated heterocycles. The van der Waals surface area contributed by atoms with Crippen molar-refractivity contribution in [3.8, 4) is 0 Å². The molecule has 2 aliphatic rings. The lowest BCUT2D eigenvalue weighted by Crippen LogP contribution is -2.54. The molecule has 3 atom stereocenters. The fraction of sp³-hybridized carbons (Fsp3) is 0.529. The SMILES string of the molecule is CC1CCCCC12CC(=O)NC(=O)C2c1ccccc1. The molecule has 3 nitrogen and oxygen atoms in total. The van der Waals surface area contributed by atoms with Gasteiger partial charge in [0.25, 0.3) is 0 Å². The van der Waals surface area contributed by atoms with Gasteiger partial charge in [-0.15, -0.1) is 0 Å². The third-order valence-electron chi connectivity index (χ3n) is 5.23. The largest absolute Gasteiger partial charge is 0.296 e. The first-order valence-electron chi connectivity index (χ1n) is 7.52. The number of hydrogen-bond acceptors (Lipinski definition) is 2. The van der Waals surface area contributed by atoms with E-state index in [2.05, 4.69) is 12.2 Å². The van der Waals surface area contributed by atoms with Crippen LogP contribution in [-0.4, -0.2) is 11.8 Å². The van der Waals surface area contributed by atoms with Crippen LogP contribution >= 0.6 is 0 Å². The van der Waals surface area contributed by atoms with Crippen LogP contribution in [0.5, 0.6) is 0 Å². The Kier molecular flexibility index (Phi) is 3.36. The zero-order valence-corrected chi connectivity index (χ0v) is 11.9. The molecule has 2 amide bonds. The van der Waals surface area contributed by atoms with Crippen molar-refractivity contribution in [2.75, 3.05) is 0 Å². The van der Waals surface area contributed by atoms with Crippen molar-refractivity contribution in [1.29, 1.82) is 0 Å². The minimum Gasteiger partial charge on any atom is -0.296 e. The van der Waals surface area contributed by atoms with Gasteiger partial charge in [0.15, 0.2) is 0 Å². The minimum atomic E-state index is -0.184. The molecule has 1 aromatic carbocycles. The molecule has 3 rings (SSSR count). The van der Waals surface area contributed by atoms with Crippen LogP contribution in [0, 0.1) is 11.3 Å². The van der Waals surface area contributed by atoms with Crippen LogP contribution in [0.1, 0.15) is 50.5 Å². The first-order valence-corrected chi connectivity index (χ1v) is 7.52. The first-order chi connectivity index (χ1) is 9.63. The van der Waals surface area contributed by atoms with Crippen LogP contribution < -0.4 is 5.32 Å². The van der Waals surface area contributed by atoms with Crippen LogP contribution in [-0.2, 0) is 9.59 Å². The summed E-state index contributed by atoms with van der Waals surface area (Å²) >= 11 is 0. The molecular weight excluding hydrogens is 250 g/mol. The molecular formula is C17H21NO2. The van der Waals surface area contributed by atoms with E-state index in [-0.39, 0.29) is 23.1 Å². The minimum absolute atomic E-state index is 0.101. The molecule has 3 unspecified atom stereocenters. The lowest BCUT2D eigenvalue weighted by Gasteiger charge is -2.49. The molecule has 1 aromatic rings. The van der Waals surface area contributed by atoms with Gasteiger partial charge >= 0.3 is 0 Å². The summed E-state index contributed by atoms with van der Waals surface area (Å²) < 4.78 is 0. The Hall–Kier alpha value is -1.64. The smallest absolute Gasteiger partial charge is 0.234 e. The van der Waals surface area contributed by atoms with Crippen molar-refractivity contribution in [1.82, 2.24) is 5.32 Å². The van der Waals surface area contributed by atoms with E-state index >= 15 is 0 Å². The fourth-order valence-electron chi connectivity index (χ4n) is 4.17. The van der Waals surface area contributed by atoms with Crippen molar-refractivity contribution in [3.05, 3.63) is 35.9 Å². The van der Waals surface area contributed by atoms with E-state index in [1.54, 1.807) is 0 Å². The highest BCUT2D eigenvalue weighted by Gasteiger charge is 2.52. The molecule has 3 heteroatoms. The summed E-state index contributed by atoms with van der Waals surface area (Å²) in [6, 6.07) is 9.94. The number of rotatable bonds is 1. The van der Waals surface area contributed by atoms with Gasteiger partial charge < -0.3 is 0 Å². The highest BCUT2D eigenvalue weighted by Crippen LogP contribution is 2.54. The molecule has 0 bridgehead atoms. The van der Waals surface area contributed by atoms with E-state index in [4.69, 9.17) is 0 Å². The standard InChI is InChI=1S/C17H21NO2/c1-12-7-5-6-10-17(12)11-14(19)18-16(20)15(17)13-8-3-2-4-9-13/h2-4,8-9,12,15H,5-7,10-11H2,1H3,(H,18,19,20). The number of benzene rings is 1. The number of hydrogen-bond donors (Lipinski definition) is 1. The summed E-state index contributed by atoms with van der Waals surface area (Å²) in [5, 5.41) is 2.54. The highest BCUT2D eigenvalue weighted by molar-refractivity contribution is 6.02. The third kappa shape index (κ3) is 2.05. The highest BCUT2D eigenvalue weighted by atomic mass is 16.2. The van der Waals surface area contributed by atoms with Gasteiger partial charge in [0, 0.05) is 6.42 Å². The summed E-state index contributed by atoms with van der Waals surface area (Å²) in [5.41, 5.74) is 0.866. The number of carbonyl (C=O) groups excluding carboxylic acids is 2. The van der Waals surface area contributed by atoms with Crippen molar-refractivity contribution in [2.45, 2.75) is 44.9 Å². The predicted molar refractivity (Wildman–Crippen MR) is 77.0 cm³/mol. The summed E-state index contributed by atoms with van der Waals surface area (Å²) in [6.07, 6.45) is 4.91. The Balaban J connectivity index is 2.07.